The third kappa shape index (κ3) is 4.67. The average Bonchev–Trinajstić information content (AvgIpc) is 2.29. The molecule has 0 aliphatic heterocycles. The number of nitrogen functional groups attached to an aromatic ring is 1. The van der Waals surface area contributed by atoms with Gasteiger partial charge in [0.2, 0.25) is 0 Å². The SMILES string of the molecule is CCCCNCCC(C)c1ccc(N)cc1. The second kappa shape index (κ2) is 7.29. The molecule has 3 N–H and O–H groups in total. The van der Waals surface area contributed by atoms with Crippen LogP contribution in [0.4, 0.5) is 5.69 Å². The van der Waals surface area contributed by atoms with Crippen LogP contribution >= 0.6 is 0 Å². The highest BCUT2D eigenvalue weighted by Crippen LogP contribution is 2.19. The lowest BCUT2D eigenvalue weighted by atomic mass is 9.97. The van der Waals surface area contributed by atoms with Gasteiger partial charge in [0, 0.05) is 5.69 Å². The summed E-state index contributed by atoms with van der Waals surface area (Å²) in [5.74, 6) is 0.606. The van der Waals surface area contributed by atoms with E-state index in [1.165, 1.54) is 24.8 Å². The summed E-state index contributed by atoms with van der Waals surface area (Å²) in [7, 11) is 0. The van der Waals surface area contributed by atoms with Crippen LogP contribution in [0.1, 0.15) is 44.6 Å². The second-order valence-corrected chi connectivity index (χ2v) is 4.46. The average molecular weight is 220 g/mol. The van der Waals surface area contributed by atoms with Crippen molar-refractivity contribution in [1.82, 2.24) is 5.32 Å². The van der Waals surface area contributed by atoms with Gasteiger partial charge in [-0.3, -0.25) is 0 Å². The molecule has 1 aromatic rings. The van der Waals surface area contributed by atoms with Gasteiger partial charge in [0.15, 0.2) is 0 Å². The van der Waals surface area contributed by atoms with Crippen molar-refractivity contribution in [1.29, 1.82) is 0 Å². The molecule has 0 aromatic heterocycles. The van der Waals surface area contributed by atoms with E-state index in [0.29, 0.717) is 5.92 Å². The molecule has 0 fully saturated rings. The first kappa shape index (κ1) is 13.0. The highest BCUT2D eigenvalue weighted by atomic mass is 14.8. The van der Waals surface area contributed by atoms with Gasteiger partial charge in [-0.15, -0.1) is 0 Å². The number of nitrogens with two attached hydrogens (primary N) is 1. The van der Waals surface area contributed by atoms with Crippen LogP contribution in [0, 0.1) is 0 Å². The van der Waals surface area contributed by atoms with Crippen molar-refractivity contribution in [3.63, 3.8) is 0 Å². The van der Waals surface area contributed by atoms with Gasteiger partial charge in [0.1, 0.15) is 0 Å². The molecule has 1 rings (SSSR count). The smallest absolute Gasteiger partial charge is 0.0314 e. The first-order chi connectivity index (χ1) is 7.74. The molecular formula is C14H24N2. The molecule has 0 saturated carbocycles. The normalized spacial score (nSPS) is 12.6. The monoisotopic (exact) mass is 220 g/mol. The van der Waals surface area contributed by atoms with Crippen LogP contribution in [-0.4, -0.2) is 13.1 Å². The van der Waals surface area contributed by atoms with Crippen LogP contribution in [0.2, 0.25) is 0 Å². The molecule has 0 saturated heterocycles. The fraction of sp³-hybridized carbons (Fsp3) is 0.571. The van der Waals surface area contributed by atoms with E-state index in [2.05, 4.69) is 31.3 Å². The van der Waals surface area contributed by atoms with Crippen molar-refractivity contribution in [2.75, 3.05) is 18.8 Å². The summed E-state index contributed by atoms with van der Waals surface area (Å²) in [5, 5.41) is 3.47. The van der Waals surface area contributed by atoms with Crippen molar-refractivity contribution in [2.45, 2.75) is 39.0 Å². The Bertz CT molecular complexity index is 279. The molecule has 1 atom stereocenters. The number of anilines is 1. The van der Waals surface area contributed by atoms with Gasteiger partial charge < -0.3 is 11.1 Å². The van der Waals surface area contributed by atoms with E-state index in [4.69, 9.17) is 5.73 Å². The lowest BCUT2D eigenvalue weighted by Crippen LogP contribution is -2.18. The van der Waals surface area contributed by atoms with Crippen LogP contribution < -0.4 is 11.1 Å². The van der Waals surface area contributed by atoms with Crippen molar-refractivity contribution in [3.8, 4) is 0 Å². The molecule has 0 aliphatic carbocycles. The molecule has 16 heavy (non-hydrogen) atoms. The standard InChI is InChI=1S/C14H24N2/c1-3-4-10-16-11-9-12(2)13-5-7-14(15)8-6-13/h5-8,12,16H,3-4,9-11,15H2,1-2H3. The van der Waals surface area contributed by atoms with E-state index < -0.39 is 0 Å². The predicted molar refractivity (Wildman–Crippen MR) is 71.7 cm³/mol. The minimum absolute atomic E-state index is 0.606. The molecule has 2 heteroatoms. The quantitative estimate of drug-likeness (QED) is 0.547. The van der Waals surface area contributed by atoms with Gasteiger partial charge in [-0.2, -0.15) is 0 Å². The number of hydrogen-bond donors (Lipinski definition) is 2. The molecule has 0 aliphatic rings. The Kier molecular flexibility index (Phi) is 5.94. The molecule has 0 spiro atoms. The van der Waals surface area contributed by atoms with Gasteiger partial charge in [-0.05, 0) is 49.5 Å². The van der Waals surface area contributed by atoms with Crippen LogP contribution in [0.3, 0.4) is 0 Å². The van der Waals surface area contributed by atoms with Gasteiger partial charge in [-0.1, -0.05) is 32.4 Å². The molecule has 0 radical (unpaired) electrons. The molecule has 90 valence electrons. The van der Waals surface area contributed by atoms with E-state index in [1.807, 2.05) is 12.1 Å². The van der Waals surface area contributed by atoms with Gasteiger partial charge in [-0.25, -0.2) is 0 Å². The summed E-state index contributed by atoms with van der Waals surface area (Å²) in [6.45, 7) is 6.74. The maximum absolute atomic E-state index is 5.67. The van der Waals surface area contributed by atoms with Crippen LogP contribution in [0.5, 0.6) is 0 Å². The summed E-state index contributed by atoms with van der Waals surface area (Å²) in [6, 6.07) is 8.23. The molecule has 2 nitrogen and oxygen atoms in total. The Hall–Kier alpha value is -1.02. The number of benzene rings is 1. The lowest BCUT2D eigenvalue weighted by molar-refractivity contribution is 0.578. The Morgan fingerprint density at radius 1 is 1.19 bits per heavy atom. The zero-order valence-corrected chi connectivity index (χ0v) is 10.5. The Morgan fingerprint density at radius 3 is 2.50 bits per heavy atom. The molecule has 0 heterocycles. The van der Waals surface area contributed by atoms with Crippen LogP contribution in [-0.2, 0) is 0 Å². The Morgan fingerprint density at radius 2 is 1.88 bits per heavy atom. The first-order valence-electron chi connectivity index (χ1n) is 6.30. The van der Waals surface area contributed by atoms with Gasteiger partial charge >= 0.3 is 0 Å². The topological polar surface area (TPSA) is 38.0 Å². The minimum atomic E-state index is 0.606. The molecule has 1 aromatic carbocycles. The maximum atomic E-state index is 5.67. The lowest BCUT2D eigenvalue weighted by Gasteiger charge is -2.12. The van der Waals surface area contributed by atoms with Crippen molar-refractivity contribution >= 4 is 5.69 Å². The number of unbranched alkanes of at least 4 members (excludes halogenated alkanes) is 1. The summed E-state index contributed by atoms with van der Waals surface area (Å²) in [6.07, 6.45) is 3.73. The largest absolute Gasteiger partial charge is 0.399 e. The van der Waals surface area contributed by atoms with Crippen LogP contribution in [0.15, 0.2) is 24.3 Å². The maximum Gasteiger partial charge on any atom is 0.0314 e. The Balaban J connectivity index is 2.24. The first-order valence-corrected chi connectivity index (χ1v) is 6.30. The van der Waals surface area contributed by atoms with E-state index >= 15 is 0 Å². The van der Waals surface area contributed by atoms with Gasteiger partial charge in [0.05, 0.1) is 0 Å². The predicted octanol–water partition coefficient (Wildman–Crippen LogP) is 3.15. The fourth-order valence-corrected chi connectivity index (χ4v) is 1.74. The summed E-state index contributed by atoms with van der Waals surface area (Å²) < 4.78 is 0. The van der Waals surface area contributed by atoms with E-state index in [-0.39, 0.29) is 0 Å². The third-order valence-corrected chi connectivity index (χ3v) is 2.97. The second-order valence-electron chi connectivity index (χ2n) is 4.46. The molecule has 0 amide bonds. The summed E-state index contributed by atoms with van der Waals surface area (Å²) >= 11 is 0. The zero-order chi connectivity index (χ0) is 11.8. The van der Waals surface area contributed by atoms with Gasteiger partial charge in [0.25, 0.3) is 0 Å². The minimum Gasteiger partial charge on any atom is -0.399 e. The third-order valence-electron chi connectivity index (χ3n) is 2.97. The van der Waals surface area contributed by atoms with Crippen molar-refractivity contribution in [2.24, 2.45) is 0 Å². The highest BCUT2D eigenvalue weighted by molar-refractivity contribution is 5.40. The van der Waals surface area contributed by atoms with Crippen molar-refractivity contribution in [3.05, 3.63) is 29.8 Å². The van der Waals surface area contributed by atoms with E-state index in [1.54, 1.807) is 0 Å². The van der Waals surface area contributed by atoms with Crippen LogP contribution in [0.25, 0.3) is 0 Å². The number of hydrogen-bond acceptors (Lipinski definition) is 2. The summed E-state index contributed by atoms with van der Waals surface area (Å²) in [4.78, 5) is 0. The summed E-state index contributed by atoms with van der Waals surface area (Å²) in [5.41, 5.74) is 7.89. The number of rotatable bonds is 7. The van der Waals surface area contributed by atoms with E-state index in [0.717, 1.165) is 18.8 Å². The van der Waals surface area contributed by atoms with Crippen molar-refractivity contribution < 1.29 is 0 Å². The highest BCUT2D eigenvalue weighted by Gasteiger charge is 2.04. The molecule has 0 bridgehead atoms. The molecular weight excluding hydrogens is 196 g/mol. The fourth-order valence-electron chi connectivity index (χ4n) is 1.74. The van der Waals surface area contributed by atoms with E-state index in [9.17, 15) is 0 Å². The molecule has 1 unspecified atom stereocenters. The Labute approximate surface area is 99.2 Å². The zero-order valence-electron chi connectivity index (χ0n) is 10.5. The number of nitrogens with one attached hydrogen (secondary N) is 1.